The van der Waals surface area contributed by atoms with Crippen LogP contribution in [0.25, 0.3) is 0 Å². The third kappa shape index (κ3) is 2.05. The third-order valence-electron chi connectivity index (χ3n) is 0.891. The number of carbonyl (C=O) groups excluding carboxylic acids is 1. The van der Waals surface area contributed by atoms with Crippen molar-refractivity contribution in [2.45, 2.75) is 0 Å². The van der Waals surface area contributed by atoms with Gasteiger partial charge in [-0.15, -0.1) is 0 Å². The standard InChI is InChI=1S/C8H7BrO2/c1-11-8(10)6-2-4-7(9)5-3-6/h2-5H,1H3/i1D3,2D,3D,4D,5D. The minimum atomic E-state index is -3.01. The molecular weight excluding hydrogens is 208 g/mol. The van der Waals surface area contributed by atoms with Crippen molar-refractivity contribution in [3.8, 4) is 0 Å². The highest BCUT2D eigenvalue weighted by atomic mass is 79.9. The minimum Gasteiger partial charge on any atom is -0.465 e. The maximum atomic E-state index is 11.5. The first-order valence-electron chi connectivity index (χ1n) is 6.05. The van der Waals surface area contributed by atoms with E-state index in [-0.39, 0.29) is 4.47 Å². The van der Waals surface area contributed by atoms with Gasteiger partial charge < -0.3 is 4.74 Å². The summed E-state index contributed by atoms with van der Waals surface area (Å²) < 4.78 is 54.2. The normalized spacial score (nSPS) is 19.5. The monoisotopic (exact) mass is 221 g/mol. The molecule has 0 saturated heterocycles. The number of rotatable bonds is 1. The zero-order valence-electron chi connectivity index (χ0n) is 12.2. The Morgan fingerprint density at radius 3 is 2.82 bits per heavy atom. The predicted molar refractivity (Wildman–Crippen MR) is 45.5 cm³/mol. The fourth-order valence-electron chi connectivity index (χ4n) is 0.450. The molecule has 0 fully saturated rings. The zero-order valence-corrected chi connectivity index (χ0v) is 6.78. The second kappa shape index (κ2) is 3.53. The molecule has 2 nitrogen and oxygen atoms in total. The van der Waals surface area contributed by atoms with E-state index in [1.807, 2.05) is 0 Å². The van der Waals surface area contributed by atoms with Gasteiger partial charge in [0, 0.05) is 4.47 Å². The Kier molecular flexibility index (Phi) is 0.931. The molecule has 0 N–H and O–H groups in total. The van der Waals surface area contributed by atoms with Crippen LogP contribution in [0.5, 0.6) is 0 Å². The van der Waals surface area contributed by atoms with Gasteiger partial charge >= 0.3 is 5.97 Å². The Morgan fingerprint density at radius 2 is 2.27 bits per heavy atom. The quantitative estimate of drug-likeness (QED) is 0.681. The van der Waals surface area contributed by atoms with Gasteiger partial charge in [-0.1, -0.05) is 15.9 Å². The SMILES string of the molecule is [2H]c1c([2H])c(C(=O)OC([2H])([2H])[2H])c([2H])c([2H])c1Br. The Hall–Kier alpha value is -0.830. The molecule has 0 amide bonds. The second-order valence-corrected chi connectivity index (χ2v) is 2.37. The van der Waals surface area contributed by atoms with Gasteiger partial charge in [0.15, 0.2) is 0 Å². The molecule has 0 aliphatic heterocycles. The molecule has 3 heteroatoms. The molecule has 0 bridgehead atoms. The largest absolute Gasteiger partial charge is 0.465 e. The van der Waals surface area contributed by atoms with E-state index in [1.54, 1.807) is 0 Å². The van der Waals surface area contributed by atoms with Crippen LogP contribution in [0.3, 0.4) is 0 Å². The van der Waals surface area contributed by atoms with Crippen LogP contribution in [0.4, 0.5) is 0 Å². The summed E-state index contributed by atoms with van der Waals surface area (Å²) in [6.07, 6.45) is 0. The number of benzene rings is 1. The highest BCUT2D eigenvalue weighted by Crippen LogP contribution is 2.10. The highest BCUT2D eigenvalue weighted by molar-refractivity contribution is 9.10. The second-order valence-electron chi connectivity index (χ2n) is 1.58. The molecule has 1 rings (SSSR count). The molecule has 0 aliphatic carbocycles. The van der Waals surface area contributed by atoms with E-state index in [4.69, 9.17) is 9.60 Å². The van der Waals surface area contributed by atoms with Crippen molar-refractivity contribution in [2.24, 2.45) is 0 Å². The topological polar surface area (TPSA) is 26.3 Å². The first-order chi connectivity index (χ1) is 8.06. The highest BCUT2D eigenvalue weighted by Gasteiger charge is 2.02. The molecule has 0 heterocycles. The lowest BCUT2D eigenvalue weighted by Crippen LogP contribution is -1.99. The molecule has 11 heavy (non-hydrogen) atoms. The molecule has 0 atom stereocenters. The number of esters is 1. The van der Waals surface area contributed by atoms with Crippen LogP contribution in [-0.4, -0.2) is 13.0 Å². The van der Waals surface area contributed by atoms with E-state index in [2.05, 4.69) is 20.7 Å². The van der Waals surface area contributed by atoms with Crippen molar-refractivity contribution in [3.05, 3.63) is 34.2 Å². The van der Waals surface area contributed by atoms with Crippen molar-refractivity contribution in [1.29, 1.82) is 0 Å². The molecule has 58 valence electrons. The minimum absolute atomic E-state index is 0.108. The molecule has 0 aliphatic rings. The number of methoxy groups -OCH3 is 1. The van der Waals surface area contributed by atoms with Gasteiger partial charge in [0.25, 0.3) is 0 Å². The van der Waals surface area contributed by atoms with Crippen LogP contribution in [0, 0.1) is 0 Å². The molecule has 1 aromatic rings. The molecule has 0 saturated carbocycles. The van der Waals surface area contributed by atoms with Crippen LogP contribution < -0.4 is 0 Å². The summed E-state index contributed by atoms with van der Waals surface area (Å²) in [5, 5.41) is 0. The van der Waals surface area contributed by atoms with Gasteiger partial charge in [-0.3, -0.25) is 0 Å². The van der Waals surface area contributed by atoms with E-state index in [0.29, 0.717) is 0 Å². The van der Waals surface area contributed by atoms with Crippen molar-refractivity contribution >= 4 is 21.9 Å². The lowest BCUT2D eigenvalue weighted by atomic mass is 10.2. The van der Waals surface area contributed by atoms with Crippen LogP contribution in [-0.2, 0) is 4.74 Å². The molecule has 0 spiro atoms. The Bertz CT molecular complexity index is 482. The molecule has 1 aromatic carbocycles. The molecule has 0 unspecified atom stereocenters. The number of hydrogen-bond acceptors (Lipinski definition) is 2. The fourth-order valence-corrected chi connectivity index (χ4v) is 0.649. The Balaban J connectivity index is 3.38. The van der Waals surface area contributed by atoms with Crippen molar-refractivity contribution in [2.75, 3.05) is 7.04 Å². The van der Waals surface area contributed by atoms with Gasteiger partial charge in [-0.25, -0.2) is 4.79 Å². The van der Waals surface area contributed by atoms with E-state index < -0.39 is 42.7 Å². The summed E-state index contributed by atoms with van der Waals surface area (Å²) in [5.74, 6) is -1.42. The molecular formula is C8H7BrO2. The lowest BCUT2D eigenvalue weighted by molar-refractivity contribution is 0.0600. The fraction of sp³-hybridized carbons (Fsp3) is 0.125. The third-order valence-corrected chi connectivity index (χ3v) is 1.29. The average Bonchev–Trinajstić information content (AvgIpc) is 2.21. The van der Waals surface area contributed by atoms with Crippen LogP contribution in [0.15, 0.2) is 28.6 Å². The smallest absolute Gasteiger partial charge is 0.337 e. The first-order valence-corrected chi connectivity index (χ1v) is 3.34. The summed E-state index contributed by atoms with van der Waals surface area (Å²) in [6.45, 7) is 0. The maximum absolute atomic E-state index is 11.5. The van der Waals surface area contributed by atoms with Crippen LogP contribution in [0.2, 0.25) is 0 Å². The number of halogens is 1. The van der Waals surface area contributed by atoms with E-state index in [0.717, 1.165) is 0 Å². The summed E-state index contributed by atoms with van der Waals surface area (Å²) in [7, 11) is -3.01. The summed E-state index contributed by atoms with van der Waals surface area (Å²) in [6, 6.07) is -2.27. The molecule has 0 radical (unpaired) electrons. The van der Waals surface area contributed by atoms with E-state index in [1.165, 1.54) is 0 Å². The van der Waals surface area contributed by atoms with Gasteiger partial charge in [-0.2, -0.15) is 0 Å². The van der Waals surface area contributed by atoms with Gasteiger partial charge in [0.05, 0.1) is 22.2 Å². The lowest BCUT2D eigenvalue weighted by Gasteiger charge is -1.97. The number of ether oxygens (including phenoxy) is 1. The number of hydrogen-bond donors (Lipinski definition) is 0. The number of carbonyl (C=O) groups is 1. The van der Waals surface area contributed by atoms with E-state index in [9.17, 15) is 4.79 Å². The zero-order chi connectivity index (χ0) is 14.2. The maximum Gasteiger partial charge on any atom is 0.337 e. The van der Waals surface area contributed by atoms with Crippen molar-refractivity contribution in [1.82, 2.24) is 0 Å². The summed E-state index contributed by atoms with van der Waals surface area (Å²) in [5.41, 5.74) is -0.704. The van der Waals surface area contributed by atoms with Gasteiger partial charge in [0.1, 0.15) is 0 Å². The summed E-state index contributed by atoms with van der Waals surface area (Å²) >= 11 is 2.85. The van der Waals surface area contributed by atoms with Gasteiger partial charge in [0.2, 0.25) is 0 Å². The first kappa shape index (κ1) is 2.90. The average molecular weight is 222 g/mol. The summed E-state index contributed by atoms with van der Waals surface area (Å²) in [4.78, 5) is 11.5. The van der Waals surface area contributed by atoms with Crippen molar-refractivity contribution in [3.63, 3.8) is 0 Å². The Labute approximate surface area is 83.1 Å². The van der Waals surface area contributed by atoms with E-state index >= 15 is 0 Å². The molecule has 0 aromatic heterocycles. The van der Waals surface area contributed by atoms with Gasteiger partial charge in [-0.05, 0) is 24.2 Å². The van der Waals surface area contributed by atoms with Crippen LogP contribution in [0.1, 0.15) is 20.0 Å². The van der Waals surface area contributed by atoms with Crippen molar-refractivity contribution < 1.29 is 19.1 Å². The van der Waals surface area contributed by atoms with Crippen LogP contribution >= 0.6 is 15.9 Å². The predicted octanol–water partition coefficient (Wildman–Crippen LogP) is 2.24. The Morgan fingerprint density at radius 1 is 1.64 bits per heavy atom.